The number of benzene rings is 5. The van der Waals surface area contributed by atoms with Gasteiger partial charge in [-0.25, -0.2) is 0 Å². The van der Waals surface area contributed by atoms with Crippen LogP contribution >= 0.6 is 53.5 Å². The maximum absolute atomic E-state index is 11.9. The molecule has 0 unspecified atom stereocenters. The van der Waals surface area contributed by atoms with Crippen molar-refractivity contribution in [2.45, 2.75) is 97.1 Å². The molecule has 368 valence electrons. The first kappa shape index (κ1) is 63.6. The van der Waals surface area contributed by atoms with Crippen LogP contribution in [0.4, 0.5) is 0 Å². The van der Waals surface area contributed by atoms with Crippen LogP contribution in [-0.2, 0) is 64.4 Å². The van der Waals surface area contributed by atoms with Crippen molar-refractivity contribution in [2.24, 2.45) is 0 Å². The predicted octanol–water partition coefficient (Wildman–Crippen LogP) is 16.9. The third-order valence-corrected chi connectivity index (χ3v) is 11.8. The molecule has 0 fully saturated rings. The second kappa shape index (κ2) is 38.3. The topological polar surface area (TPSA) is 68.3 Å². The highest BCUT2D eigenvalue weighted by Crippen LogP contribution is 2.40. The third kappa shape index (κ3) is 30.3. The normalized spacial score (nSPS) is 10.8. The van der Waals surface area contributed by atoms with Crippen LogP contribution in [0.2, 0.25) is 20.1 Å². The van der Waals surface area contributed by atoms with E-state index in [1.807, 2.05) is 91.0 Å². The van der Waals surface area contributed by atoms with Crippen molar-refractivity contribution >= 4 is 126 Å². The number of Topliss-reactive ketones (excluding diaryl/α,β-unsaturated/α-hetero) is 2. The highest BCUT2D eigenvalue weighted by atomic mass is 35.5. The zero-order chi connectivity index (χ0) is 52.2. The Kier molecular flexibility index (Phi) is 34.8. The molecular formula is C58H61Cl4O4PS3. The number of ketones is 2. The van der Waals surface area contributed by atoms with Gasteiger partial charge in [-0.2, -0.15) is 0 Å². The Hall–Kier alpha value is -4.42. The van der Waals surface area contributed by atoms with E-state index >= 15 is 0 Å². The van der Waals surface area contributed by atoms with Crippen LogP contribution in [0.25, 0.3) is 22.9 Å². The molecule has 0 atom stereocenters. The molecule has 0 saturated heterocycles. The Morgan fingerprint density at radius 3 is 1.61 bits per heavy atom. The molecule has 1 aliphatic rings. The molecule has 0 spiro atoms. The molecule has 70 heavy (non-hydrogen) atoms. The van der Waals surface area contributed by atoms with Crippen LogP contribution in [0, 0.1) is 36.5 Å². The van der Waals surface area contributed by atoms with Gasteiger partial charge in [0.25, 0.3) is 0 Å². The zero-order valence-electron chi connectivity index (χ0n) is 40.3. The lowest BCUT2D eigenvalue weighted by Crippen LogP contribution is -2.01. The average Bonchev–Trinajstić information content (AvgIpc) is 3.79. The molecule has 12 heteroatoms. The molecule has 0 aromatic heterocycles. The summed E-state index contributed by atoms with van der Waals surface area (Å²) >= 11 is 31.6. The fraction of sp³-hybridized carbons (Fsp3) is 0.293. The van der Waals surface area contributed by atoms with E-state index in [1.54, 1.807) is 20.3 Å². The summed E-state index contributed by atoms with van der Waals surface area (Å²) in [5.74, 6) is 10.5. The van der Waals surface area contributed by atoms with Crippen molar-refractivity contribution in [1.29, 1.82) is 0 Å². The van der Waals surface area contributed by atoms with Gasteiger partial charge in [0.2, 0.25) is 5.78 Å². The molecule has 1 aliphatic carbocycles. The minimum atomic E-state index is -1.95. The van der Waals surface area contributed by atoms with Gasteiger partial charge in [-0.15, -0.1) is 24.7 Å². The Bertz CT molecular complexity index is 2700. The molecule has 0 bridgehead atoms. The summed E-state index contributed by atoms with van der Waals surface area (Å²) < 4.78 is 11.4. The number of hydrogen-bond acceptors (Lipinski definition) is 6. The van der Waals surface area contributed by atoms with Crippen LogP contribution < -0.4 is 0 Å². The molecule has 0 amide bonds. The van der Waals surface area contributed by atoms with E-state index in [1.165, 1.54) is 23.6 Å². The average molecular weight is 1090 g/mol. The van der Waals surface area contributed by atoms with E-state index in [-0.39, 0.29) is 11.6 Å². The molecule has 0 aliphatic heterocycles. The Labute approximate surface area is 450 Å². The molecule has 0 heterocycles. The summed E-state index contributed by atoms with van der Waals surface area (Å²) in [6, 6.07) is 31.0. The molecule has 5 aromatic rings. The van der Waals surface area contributed by atoms with Crippen molar-refractivity contribution in [3.8, 4) is 36.5 Å². The van der Waals surface area contributed by atoms with E-state index in [9.17, 15) is 18.9 Å². The van der Waals surface area contributed by atoms with Gasteiger partial charge in [-0.1, -0.05) is 125 Å². The number of aldehydes is 1. The first-order valence-corrected chi connectivity index (χ1v) is 29.5. The molecular weight excluding hydrogens is 1030 g/mol. The van der Waals surface area contributed by atoms with Crippen molar-refractivity contribution in [2.75, 3.05) is 13.3 Å². The number of carbonyl (C=O) groups is 3. The lowest BCUT2D eigenvalue weighted by atomic mass is 9.93. The highest BCUT2D eigenvalue weighted by molar-refractivity contribution is 8.37. The van der Waals surface area contributed by atoms with E-state index < -0.39 is 7.14 Å². The number of allylic oxidation sites excluding steroid dienone is 2. The fourth-order valence-electron chi connectivity index (χ4n) is 6.56. The number of halogens is 4. The molecule has 0 N–H and O–H groups in total. The fourth-order valence-corrected chi connectivity index (χ4v) is 8.20. The lowest BCUT2D eigenvalue weighted by Gasteiger charge is -2.10. The summed E-state index contributed by atoms with van der Waals surface area (Å²) in [7, 11) is -1.03. The van der Waals surface area contributed by atoms with E-state index in [4.69, 9.17) is 59.3 Å². The van der Waals surface area contributed by atoms with Gasteiger partial charge in [-0.3, -0.25) is 9.59 Å². The quantitative estimate of drug-likeness (QED) is 0.0276. The number of rotatable bonds is 14. The first-order valence-electron chi connectivity index (χ1n) is 22.6. The molecule has 4 nitrogen and oxygen atoms in total. The highest BCUT2D eigenvalue weighted by Gasteiger charge is 2.20. The largest absolute Gasteiger partial charge is 0.324 e. The monoisotopic (exact) mass is 1090 g/mol. The Morgan fingerprint density at radius 2 is 1.16 bits per heavy atom. The van der Waals surface area contributed by atoms with Crippen LogP contribution in [0.5, 0.6) is 0 Å². The second-order valence-corrected chi connectivity index (χ2v) is 23.1. The maximum Gasteiger partial charge on any atom is 0.202 e. The van der Waals surface area contributed by atoms with Crippen LogP contribution in [0.3, 0.4) is 0 Å². The zero-order valence-corrected chi connectivity index (χ0v) is 46.7. The van der Waals surface area contributed by atoms with Crippen LogP contribution in [0.15, 0.2) is 109 Å². The minimum absolute atomic E-state index is 0.0679. The van der Waals surface area contributed by atoms with Gasteiger partial charge in [0.05, 0.1) is 7.14 Å². The standard InChI is InChI=1S/C15H13ClO.C15H15ClO.C13H13Cl.C9H12ClOP.C6H8O.S3/c1-9(17)15-13-4-2-3-10(13)7-11-5-6-12(16)8-14(11)15;1-13(17)7-5-3-2-4-6-8-14-9-11-15(16)12-10-14;1-2-3-4-5-6-7-12-8-10-13(14)11-9-12;1-12(2,11)7-8-3-5-9(10)6-4-8;1-2-3-4-5-6-7;1-3-2/h5-8H,2-4H2,1H3;6,8-12H,2-4H2,1H3;1,6-11H,3-5H2;3-6H,7H2,1-2H3;1,6H,3-5H2;/b;8-6+;7-6+;;;. The van der Waals surface area contributed by atoms with Gasteiger partial charge < -0.3 is 9.36 Å². The van der Waals surface area contributed by atoms with Crippen molar-refractivity contribution < 1.29 is 18.9 Å². The number of aryl methyl sites for hydroxylation is 1. The van der Waals surface area contributed by atoms with Gasteiger partial charge >= 0.3 is 0 Å². The number of unbranched alkanes of at least 4 members (excludes halogenated alkanes) is 6. The predicted molar refractivity (Wildman–Crippen MR) is 312 cm³/mol. The van der Waals surface area contributed by atoms with Gasteiger partial charge in [-0.05, 0) is 165 Å². The summed E-state index contributed by atoms with van der Waals surface area (Å²) in [6.45, 7) is 6.71. The van der Waals surface area contributed by atoms with E-state index in [2.05, 4.69) is 76.4 Å². The van der Waals surface area contributed by atoms with E-state index in [0.29, 0.717) is 17.6 Å². The van der Waals surface area contributed by atoms with Crippen LogP contribution in [-0.4, -0.2) is 31.2 Å². The van der Waals surface area contributed by atoms with Gasteiger partial charge in [0, 0.05) is 95.7 Å². The minimum Gasteiger partial charge on any atom is -0.324 e. The first-order chi connectivity index (χ1) is 33.5. The van der Waals surface area contributed by atoms with Gasteiger partial charge in [0.15, 0.2) is 5.78 Å². The van der Waals surface area contributed by atoms with Gasteiger partial charge in [0.1, 0.15) is 6.29 Å². The lowest BCUT2D eigenvalue weighted by molar-refractivity contribution is -0.112. The molecule has 6 rings (SSSR count). The number of terminal acetylenes is 2. The van der Waals surface area contributed by atoms with Crippen molar-refractivity contribution in [3.63, 3.8) is 0 Å². The summed E-state index contributed by atoms with van der Waals surface area (Å²) in [4.78, 5) is 32.0. The van der Waals surface area contributed by atoms with Crippen molar-refractivity contribution in [3.05, 3.63) is 163 Å². The summed E-state index contributed by atoms with van der Waals surface area (Å²) in [5.41, 5.74) is 6.88. The molecule has 0 saturated carbocycles. The molecule has 0 radical (unpaired) electrons. The van der Waals surface area contributed by atoms with E-state index in [0.717, 1.165) is 128 Å². The Morgan fingerprint density at radius 1 is 0.686 bits per heavy atom. The van der Waals surface area contributed by atoms with Crippen LogP contribution in [0.1, 0.15) is 116 Å². The number of fused-ring (bicyclic) bond motifs is 2. The smallest absolute Gasteiger partial charge is 0.202 e. The maximum atomic E-state index is 11.9. The summed E-state index contributed by atoms with van der Waals surface area (Å²) in [6.07, 6.45) is 31.1. The SMILES string of the molecule is C#CCCC/C=C/c1ccc(Cl)cc1.C#CCCCC=O.CC(=O)C#CCCC/C=C/c1ccc(Cl)cc1.CC(=O)c1c2c(cc3ccc(Cl)cc13)CCC2.CP(C)(=O)Cc1ccc(Cl)cc1.S=S=S. The Balaban J connectivity index is 0.000000441. The summed E-state index contributed by atoms with van der Waals surface area (Å²) in [5, 5.41) is 5.07. The molecule has 5 aromatic carbocycles. The number of carbonyl (C=O) groups excluding carboxylic acids is 3. The second-order valence-electron chi connectivity index (χ2n) is 16.1. The third-order valence-electron chi connectivity index (χ3n) is 9.64. The number of hydrogen-bond donors (Lipinski definition) is 0. The van der Waals surface area contributed by atoms with Crippen molar-refractivity contribution in [1.82, 2.24) is 0 Å².